The molecule has 3 rings (SSSR count). The first-order valence-corrected chi connectivity index (χ1v) is 10.9. The number of aryl methyl sites for hydroxylation is 1. The summed E-state index contributed by atoms with van der Waals surface area (Å²) in [6.45, 7) is 1.94. The Morgan fingerprint density at radius 3 is 2.35 bits per heavy atom. The third-order valence-corrected chi connectivity index (χ3v) is 5.14. The Balaban J connectivity index is 1.56. The highest BCUT2D eigenvalue weighted by Gasteiger charge is 2.17. The molecule has 0 aliphatic carbocycles. The molecule has 194 valence electrons. The number of nitrogen functional groups attached to an aromatic ring is 1. The Bertz CT molecular complexity index is 1410. The first-order valence-electron chi connectivity index (χ1n) is 10.9. The highest BCUT2D eigenvalue weighted by Crippen LogP contribution is 2.24. The van der Waals surface area contributed by atoms with E-state index in [1.807, 2.05) is 0 Å². The number of carboxylic acid groups (broad SMARTS) is 2. The number of aromatic nitrogens is 2. The Labute approximate surface area is 209 Å². The van der Waals surface area contributed by atoms with Crippen LogP contribution in [-0.2, 0) is 0 Å². The number of nitrogens with zero attached hydrogens (tertiary/aromatic N) is 2. The number of anilines is 1. The molecule has 0 fully saturated rings. The van der Waals surface area contributed by atoms with E-state index in [4.69, 9.17) is 25.8 Å². The van der Waals surface area contributed by atoms with Crippen molar-refractivity contribution in [2.24, 2.45) is 0 Å². The predicted octanol–water partition coefficient (Wildman–Crippen LogP) is 2.41. The molecular weight excluding hydrogens is 489 g/mol. The van der Waals surface area contributed by atoms with Gasteiger partial charge in [0.25, 0.3) is 5.91 Å². The average molecular weight is 513 g/mol. The zero-order chi connectivity index (χ0) is 27.1. The Morgan fingerprint density at radius 1 is 1.03 bits per heavy atom. The average Bonchev–Trinajstić information content (AvgIpc) is 2.84. The minimum atomic E-state index is -1.26. The lowest BCUT2D eigenvalue weighted by atomic mass is 10.1. The minimum Gasteiger partial charge on any atom is -0.494 e. The van der Waals surface area contributed by atoms with Gasteiger partial charge in [-0.2, -0.15) is 4.79 Å². The summed E-state index contributed by atoms with van der Waals surface area (Å²) >= 11 is 0. The quantitative estimate of drug-likeness (QED) is 0.189. The third kappa shape index (κ3) is 6.81. The molecule has 37 heavy (non-hydrogen) atoms. The summed E-state index contributed by atoms with van der Waals surface area (Å²) in [5, 5.41) is 32.2. The molecule has 12 nitrogen and oxygen atoms in total. The number of halogens is 1. The fourth-order valence-corrected chi connectivity index (χ4v) is 3.22. The highest BCUT2D eigenvalue weighted by molar-refractivity contribution is 6.06. The van der Waals surface area contributed by atoms with Crippen LogP contribution in [0, 0.1) is 18.2 Å². The number of carbonyl (C=O) groups is 3. The summed E-state index contributed by atoms with van der Waals surface area (Å²) in [6.07, 6.45) is 1.00. The number of rotatable bonds is 11. The SMILES string of the molecule is Cc1cc(OCCCCOc2ccc(C(=O)O)c(NC(=O)c3ccc(=N)n(N)n3)c2)c(F)cc1C(=O)O. The van der Waals surface area contributed by atoms with Gasteiger partial charge in [0.1, 0.15) is 5.75 Å². The first-order chi connectivity index (χ1) is 17.6. The van der Waals surface area contributed by atoms with Crippen LogP contribution in [0.25, 0.3) is 0 Å². The van der Waals surface area contributed by atoms with Crippen LogP contribution >= 0.6 is 0 Å². The van der Waals surface area contributed by atoms with Gasteiger partial charge in [-0.25, -0.2) is 14.0 Å². The van der Waals surface area contributed by atoms with Gasteiger partial charge in [0, 0.05) is 6.07 Å². The largest absolute Gasteiger partial charge is 0.494 e. The van der Waals surface area contributed by atoms with E-state index in [1.165, 1.54) is 36.4 Å². The van der Waals surface area contributed by atoms with Crippen LogP contribution in [0.1, 0.15) is 49.6 Å². The van der Waals surface area contributed by atoms with Crippen LogP contribution in [0.2, 0.25) is 0 Å². The smallest absolute Gasteiger partial charge is 0.337 e. The molecule has 13 heteroatoms. The monoisotopic (exact) mass is 513 g/mol. The second-order valence-electron chi connectivity index (χ2n) is 7.82. The Hall–Kier alpha value is -4.94. The normalized spacial score (nSPS) is 10.5. The van der Waals surface area contributed by atoms with Gasteiger partial charge in [-0.1, -0.05) is 0 Å². The number of unbranched alkanes of at least 4 members (excludes halogenated alkanes) is 1. The molecule has 1 aromatic heterocycles. The Morgan fingerprint density at radius 2 is 1.70 bits per heavy atom. The van der Waals surface area contributed by atoms with Crippen LogP contribution in [0.4, 0.5) is 10.1 Å². The van der Waals surface area contributed by atoms with E-state index >= 15 is 0 Å². The molecule has 6 N–H and O–H groups in total. The summed E-state index contributed by atoms with van der Waals surface area (Å²) < 4.78 is 25.1. The van der Waals surface area contributed by atoms with E-state index in [0.717, 1.165) is 6.07 Å². The van der Waals surface area contributed by atoms with E-state index in [-0.39, 0.29) is 47.0 Å². The van der Waals surface area contributed by atoms with Crippen molar-refractivity contribution in [1.82, 2.24) is 9.89 Å². The van der Waals surface area contributed by atoms with Crippen LogP contribution in [-0.4, -0.2) is 51.2 Å². The summed E-state index contributed by atoms with van der Waals surface area (Å²) in [4.78, 5) is 35.8. The van der Waals surface area contributed by atoms with Crippen molar-refractivity contribution in [2.75, 3.05) is 24.4 Å². The highest BCUT2D eigenvalue weighted by atomic mass is 19.1. The van der Waals surface area contributed by atoms with Gasteiger partial charge in [0.05, 0.1) is 30.0 Å². The fraction of sp³-hybridized carbons (Fsp3) is 0.208. The molecule has 0 aliphatic rings. The molecular formula is C24H24FN5O7. The van der Waals surface area contributed by atoms with Crippen molar-refractivity contribution < 1.29 is 38.5 Å². The second kappa shape index (κ2) is 11.7. The van der Waals surface area contributed by atoms with Crippen LogP contribution in [0.15, 0.2) is 42.5 Å². The zero-order valence-corrected chi connectivity index (χ0v) is 19.7. The maximum Gasteiger partial charge on any atom is 0.337 e. The number of ether oxygens (including phenoxy) is 2. The number of carbonyl (C=O) groups excluding carboxylic acids is 1. The number of hydrogen-bond donors (Lipinski definition) is 5. The number of carboxylic acids is 2. The lowest BCUT2D eigenvalue weighted by Gasteiger charge is -2.12. The standard InChI is InChI=1S/C24H24FN5O7/c1-13-10-20(17(25)12-16(13)24(34)35)37-9-3-2-8-36-14-4-5-15(23(32)33)19(11-14)28-22(31)18-6-7-21(26)30(27)29-18/h4-7,10-12,26H,2-3,8-9,27H2,1H3,(H,28,31)(H,32,33)(H,34,35). The van der Waals surface area contributed by atoms with Gasteiger partial charge in [0.15, 0.2) is 22.7 Å². The topological polar surface area (TPSA) is 190 Å². The molecule has 0 unspecified atom stereocenters. The molecule has 1 amide bonds. The summed E-state index contributed by atoms with van der Waals surface area (Å²) in [5.74, 6) is 1.77. The molecule has 0 bridgehead atoms. The van der Waals surface area contributed by atoms with Gasteiger partial charge in [-0.3, -0.25) is 10.2 Å². The molecule has 0 atom stereocenters. The van der Waals surface area contributed by atoms with Crippen molar-refractivity contribution in [3.8, 4) is 11.5 Å². The minimum absolute atomic E-state index is 0.0192. The second-order valence-corrected chi connectivity index (χ2v) is 7.82. The van der Waals surface area contributed by atoms with Crippen molar-refractivity contribution in [1.29, 1.82) is 5.41 Å². The maximum absolute atomic E-state index is 14.0. The van der Waals surface area contributed by atoms with Gasteiger partial charge in [-0.05, 0) is 61.7 Å². The Kier molecular flexibility index (Phi) is 8.40. The zero-order valence-electron chi connectivity index (χ0n) is 19.7. The van der Waals surface area contributed by atoms with E-state index in [0.29, 0.717) is 28.9 Å². The van der Waals surface area contributed by atoms with Crippen molar-refractivity contribution in [2.45, 2.75) is 19.8 Å². The number of hydrogen-bond acceptors (Lipinski definition) is 8. The van der Waals surface area contributed by atoms with E-state index in [2.05, 4.69) is 10.4 Å². The van der Waals surface area contributed by atoms with Gasteiger partial charge in [-0.15, -0.1) is 5.10 Å². The maximum atomic E-state index is 14.0. The van der Waals surface area contributed by atoms with E-state index in [9.17, 15) is 23.9 Å². The number of amides is 1. The van der Waals surface area contributed by atoms with Crippen LogP contribution in [0.5, 0.6) is 11.5 Å². The fourth-order valence-electron chi connectivity index (χ4n) is 3.22. The molecule has 3 aromatic rings. The molecule has 2 aromatic carbocycles. The van der Waals surface area contributed by atoms with Crippen molar-refractivity contribution in [3.63, 3.8) is 0 Å². The molecule has 0 saturated heterocycles. The summed E-state index contributed by atoms with van der Waals surface area (Å²) in [6, 6.07) is 8.88. The van der Waals surface area contributed by atoms with Crippen LogP contribution < -0.4 is 26.1 Å². The van der Waals surface area contributed by atoms with Gasteiger partial charge >= 0.3 is 11.9 Å². The third-order valence-electron chi connectivity index (χ3n) is 5.14. The predicted molar refractivity (Wildman–Crippen MR) is 128 cm³/mol. The number of benzene rings is 2. The van der Waals surface area contributed by atoms with E-state index in [1.54, 1.807) is 6.92 Å². The number of aromatic carboxylic acids is 2. The lowest BCUT2D eigenvalue weighted by Crippen LogP contribution is -2.31. The van der Waals surface area contributed by atoms with E-state index < -0.39 is 23.7 Å². The van der Waals surface area contributed by atoms with Gasteiger partial charge < -0.3 is 30.8 Å². The summed E-state index contributed by atoms with van der Waals surface area (Å²) in [5.41, 5.74) is -0.184. The lowest BCUT2D eigenvalue weighted by molar-refractivity contribution is 0.0685. The molecule has 1 heterocycles. The molecule has 0 aliphatic heterocycles. The molecule has 0 saturated carbocycles. The van der Waals surface area contributed by atoms with Crippen molar-refractivity contribution >= 4 is 23.5 Å². The van der Waals surface area contributed by atoms with Crippen molar-refractivity contribution in [3.05, 3.63) is 76.2 Å². The number of nitrogens with one attached hydrogen (secondary N) is 2. The molecule has 0 radical (unpaired) electrons. The summed E-state index contributed by atoms with van der Waals surface area (Å²) in [7, 11) is 0. The molecule has 0 spiro atoms. The van der Waals surface area contributed by atoms with Gasteiger partial charge in [0.2, 0.25) is 0 Å². The number of nitrogens with two attached hydrogens (primary N) is 1. The van der Waals surface area contributed by atoms with Crippen LogP contribution in [0.3, 0.4) is 0 Å². The first kappa shape index (κ1) is 26.7.